The number of nitrogen functional groups attached to an aromatic ring is 3. The Balaban J connectivity index is 1.23. The Kier molecular flexibility index (Phi) is 10.2. The van der Waals surface area contributed by atoms with Gasteiger partial charge < -0.3 is 22.9 Å². The molecule has 0 heterocycles. The molecule has 18 nitrogen and oxygen atoms in total. The van der Waals surface area contributed by atoms with Crippen molar-refractivity contribution < 1.29 is 25.9 Å². The smallest absolute Gasteiger partial charge is 0.294 e. The summed E-state index contributed by atoms with van der Waals surface area (Å²) in [6.07, 6.45) is 3.71. The highest BCUT2D eigenvalue weighted by Crippen LogP contribution is 2.36. The summed E-state index contributed by atoms with van der Waals surface area (Å²) in [6.45, 7) is 0. The number of hydrogen-bond acceptors (Lipinski definition) is 16. The third-order valence-electron chi connectivity index (χ3n) is 6.84. The van der Waals surface area contributed by atoms with E-state index in [0.717, 1.165) is 0 Å². The molecular formula is C30H28N12O6S2. The highest BCUT2D eigenvalue weighted by atomic mass is 32.2. The molecule has 1 aliphatic rings. The van der Waals surface area contributed by atoms with E-state index in [-0.39, 0.29) is 38.2 Å². The van der Waals surface area contributed by atoms with Crippen LogP contribution in [0.1, 0.15) is 6.42 Å². The van der Waals surface area contributed by atoms with Crippen molar-refractivity contribution in [3.63, 3.8) is 0 Å². The molecule has 4 aromatic carbocycles. The molecular weight excluding hydrogens is 689 g/mol. The van der Waals surface area contributed by atoms with Crippen molar-refractivity contribution in [2.45, 2.75) is 22.3 Å². The molecule has 0 aromatic heterocycles. The molecule has 0 aliphatic heterocycles. The van der Waals surface area contributed by atoms with Crippen LogP contribution >= 0.6 is 0 Å². The van der Waals surface area contributed by atoms with E-state index in [0.29, 0.717) is 40.6 Å². The van der Waals surface area contributed by atoms with Gasteiger partial charge in [-0.2, -0.15) is 42.4 Å². The molecule has 0 spiro atoms. The van der Waals surface area contributed by atoms with Crippen LogP contribution in [0.5, 0.6) is 0 Å². The summed E-state index contributed by atoms with van der Waals surface area (Å²) >= 11 is 0. The second-order valence-corrected chi connectivity index (χ2v) is 13.3. The van der Waals surface area contributed by atoms with Gasteiger partial charge in [-0.1, -0.05) is 6.08 Å². The van der Waals surface area contributed by atoms with Gasteiger partial charge in [-0.3, -0.25) is 9.11 Å². The maximum atomic E-state index is 11.2. The fraction of sp³-hybridized carbons (Fsp3) is 0.0667. The Bertz CT molecular complexity index is 2340. The van der Waals surface area contributed by atoms with Crippen LogP contribution in [0.15, 0.2) is 153 Å². The fourth-order valence-corrected chi connectivity index (χ4v) is 5.16. The summed E-state index contributed by atoms with van der Waals surface area (Å²) < 4.78 is 63.0. The highest BCUT2D eigenvalue weighted by molar-refractivity contribution is 7.86. The van der Waals surface area contributed by atoms with E-state index in [1.807, 2.05) is 0 Å². The van der Waals surface area contributed by atoms with E-state index in [2.05, 4.69) is 40.9 Å². The van der Waals surface area contributed by atoms with Gasteiger partial charge in [0, 0.05) is 5.70 Å². The molecule has 0 radical (unpaired) electrons. The summed E-state index contributed by atoms with van der Waals surface area (Å²) in [5, 5.41) is 33.2. The van der Waals surface area contributed by atoms with Crippen molar-refractivity contribution in [1.82, 2.24) is 0 Å². The van der Waals surface area contributed by atoms with Gasteiger partial charge in [-0.05, 0) is 91.4 Å². The van der Waals surface area contributed by atoms with Crippen LogP contribution in [0.3, 0.4) is 0 Å². The van der Waals surface area contributed by atoms with Crippen molar-refractivity contribution in [3.8, 4) is 0 Å². The molecule has 10 N–H and O–H groups in total. The summed E-state index contributed by atoms with van der Waals surface area (Å²) in [4.78, 5) is -0.523. The van der Waals surface area contributed by atoms with Crippen LogP contribution < -0.4 is 22.9 Å². The molecule has 4 aromatic rings. The van der Waals surface area contributed by atoms with Crippen LogP contribution in [0.4, 0.5) is 51.2 Å². The van der Waals surface area contributed by atoms with Gasteiger partial charge in [0.05, 0.1) is 49.6 Å². The average molecular weight is 717 g/mol. The van der Waals surface area contributed by atoms with E-state index >= 15 is 0 Å². The molecule has 0 fully saturated rings. The number of benzene rings is 4. The molecule has 1 aliphatic carbocycles. The summed E-state index contributed by atoms with van der Waals surface area (Å²) in [7, 11) is -8.63. The van der Waals surface area contributed by atoms with E-state index in [9.17, 15) is 16.8 Å². The Morgan fingerprint density at radius 3 is 1.56 bits per heavy atom. The monoisotopic (exact) mass is 716 g/mol. The Labute approximate surface area is 285 Å². The highest BCUT2D eigenvalue weighted by Gasteiger charge is 2.16. The van der Waals surface area contributed by atoms with E-state index < -0.39 is 26.3 Å². The molecule has 0 saturated heterocycles. The van der Waals surface area contributed by atoms with Crippen LogP contribution in [-0.4, -0.2) is 32.0 Å². The molecule has 256 valence electrons. The zero-order valence-electron chi connectivity index (χ0n) is 25.7. The van der Waals surface area contributed by atoms with Crippen molar-refractivity contribution in [2.75, 3.05) is 17.2 Å². The summed E-state index contributed by atoms with van der Waals surface area (Å²) in [6, 6.07) is 17.6. The standard InChI is InChI=1S/C30H28N12O6S2/c31-23-13-19(5-11-27(23)39-35-17-1-7-21(8-2-17)49(43,44)45)37-41-29-16-30(26(34)15-25(29)33)42-38-20-6-12-28(24(32)14-20)40-36-18-3-9-22(10-4-18)50(46,47)48/h1-11,13-16,28H,12,31-34H2,(H,43,44,45)(H,46,47,48). The van der Waals surface area contributed by atoms with Crippen LogP contribution in [0.25, 0.3) is 0 Å². The van der Waals surface area contributed by atoms with Gasteiger partial charge >= 0.3 is 0 Å². The van der Waals surface area contributed by atoms with Crippen molar-refractivity contribution in [2.24, 2.45) is 46.6 Å². The Morgan fingerprint density at radius 1 is 0.540 bits per heavy atom. The number of anilines is 3. The minimum atomic E-state index is -4.32. The molecule has 0 amide bonds. The first-order valence-electron chi connectivity index (χ1n) is 14.2. The predicted molar refractivity (Wildman–Crippen MR) is 185 cm³/mol. The fourth-order valence-electron chi connectivity index (χ4n) is 4.20. The number of nitrogens with two attached hydrogens (primary N) is 4. The molecule has 20 heteroatoms. The number of allylic oxidation sites excluding steroid dienone is 1. The van der Waals surface area contributed by atoms with Crippen LogP contribution in [-0.2, 0) is 20.2 Å². The van der Waals surface area contributed by atoms with E-state index in [1.165, 1.54) is 66.7 Å². The van der Waals surface area contributed by atoms with Crippen molar-refractivity contribution >= 4 is 71.4 Å². The molecule has 50 heavy (non-hydrogen) atoms. The summed E-state index contributed by atoms with van der Waals surface area (Å²) in [5.41, 5.74) is 28.0. The Morgan fingerprint density at radius 2 is 1.02 bits per heavy atom. The number of nitrogens with zero attached hydrogens (tertiary/aromatic N) is 8. The van der Waals surface area contributed by atoms with Gasteiger partial charge in [0.1, 0.15) is 23.1 Å². The zero-order valence-corrected chi connectivity index (χ0v) is 27.3. The zero-order chi connectivity index (χ0) is 36.1. The van der Waals surface area contributed by atoms with Crippen molar-refractivity contribution in [3.05, 3.63) is 102 Å². The lowest BCUT2D eigenvalue weighted by atomic mass is 10.0. The first kappa shape index (κ1) is 35.1. The topological polar surface area (TPSA) is 312 Å². The lowest BCUT2D eigenvalue weighted by Gasteiger charge is -2.14. The number of hydrogen-bond donors (Lipinski definition) is 6. The average Bonchev–Trinajstić information content (AvgIpc) is 3.06. The summed E-state index contributed by atoms with van der Waals surface area (Å²) in [5.74, 6) is 0. The molecule has 0 bridgehead atoms. The van der Waals surface area contributed by atoms with Gasteiger partial charge in [0.25, 0.3) is 20.2 Å². The predicted octanol–water partition coefficient (Wildman–Crippen LogP) is 7.12. The van der Waals surface area contributed by atoms with Gasteiger partial charge in [0.2, 0.25) is 0 Å². The lowest BCUT2D eigenvalue weighted by molar-refractivity contribution is 0.481. The van der Waals surface area contributed by atoms with Gasteiger partial charge in [-0.15, -0.1) is 15.3 Å². The molecule has 1 unspecified atom stereocenters. The second kappa shape index (κ2) is 14.5. The normalized spacial score (nSPS) is 15.7. The molecule has 5 rings (SSSR count). The first-order valence-corrected chi connectivity index (χ1v) is 17.1. The maximum Gasteiger partial charge on any atom is 0.294 e. The first-order chi connectivity index (χ1) is 23.7. The number of rotatable bonds is 10. The quantitative estimate of drug-likeness (QED) is 0.0547. The van der Waals surface area contributed by atoms with E-state index in [1.54, 1.807) is 24.3 Å². The largest absolute Gasteiger partial charge is 0.400 e. The molecule has 1 atom stereocenters. The van der Waals surface area contributed by atoms with Gasteiger partial charge in [0.15, 0.2) is 0 Å². The second-order valence-electron chi connectivity index (χ2n) is 10.5. The van der Waals surface area contributed by atoms with Crippen LogP contribution in [0, 0.1) is 0 Å². The third-order valence-corrected chi connectivity index (χ3v) is 8.57. The Hall–Kier alpha value is -6.22. The SMILES string of the molecule is NC1=CC(N=Nc2cc(N=Nc3ccc(N=Nc4ccc(S(=O)(=O)O)cc4)c(N)c3)c(N)cc2N)=CCC1N=Nc1ccc(S(=O)(=O)O)cc1. The van der Waals surface area contributed by atoms with E-state index in [4.69, 9.17) is 32.0 Å². The lowest BCUT2D eigenvalue weighted by Crippen LogP contribution is -2.17. The minimum Gasteiger partial charge on any atom is -0.400 e. The van der Waals surface area contributed by atoms with Crippen molar-refractivity contribution in [1.29, 1.82) is 0 Å². The van der Waals surface area contributed by atoms with Gasteiger partial charge in [-0.25, -0.2) is 0 Å². The third kappa shape index (κ3) is 9.02. The maximum absolute atomic E-state index is 11.2. The number of azo groups is 4. The van der Waals surface area contributed by atoms with Crippen LogP contribution in [0.2, 0.25) is 0 Å². The minimum absolute atomic E-state index is 0.241. The molecule has 0 saturated carbocycles.